The van der Waals surface area contributed by atoms with E-state index in [0.717, 1.165) is 0 Å². The van der Waals surface area contributed by atoms with E-state index in [-0.39, 0.29) is 42.0 Å². The van der Waals surface area contributed by atoms with Crippen molar-refractivity contribution in [2.75, 3.05) is 19.0 Å². The molecular formula is C18H20F2IN3O. The lowest BCUT2D eigenvalue weighted by molar-refractivity contribution is 0.417. The van der Waals surface area contributed by atoms with E-state index in [9.17, 15) is 8.78 Å². The third-order valence-electron chi connectivity index (χ3n) is 4.27. The molecule has 0 amide bonds. The third kappa shape index (κ3) is 4.20. The smallest absolute Gasteiger partial charge is 0.193 e. The first kappa shape index (κ1) is 19.4. The van der Waals surface area contributed by atoms with Gasteiger partial charge in [-0.2, -0.15) is 0 Å². The summed E-state index contributed by atoms with van der Waals surface area (Å²) in [7, 11) is 1.56. The Labute approximate surface area is 162 Å². The van der Waals surface area contributed by atoms with Crippen LogP contribution in [-0.4, -0.2) is 19.6 Å². The third-order valence-corrected chi connectivity index (χ3v) is 4.27. The summed E-state index contributed by atoms with van der Waals surface area (Å²) >= 11 is 0. The minimum atomic E-state index is -0.595. The Morgan fingerprint density at radius 2 is 1.80 bits per heavy atom. The van der Waals surface area contributed by atoms with Gasteiger partial charge in [-0.05, 0) is 37.1 Å². The number of nitrogens with zero attached hydrogens (tertiary/aromatic N) is 1. The zero-order valence-electron chi connectivity index (χ0n) is 13.8. The van der Waals surface area contributed by atoms with Crippen LogP contribution in [0.3, 0.4) is 0 Å². The van der Waals surface area contributed by atoms with E-state index in [4.69, 9.17) is 10.5 Å². The van der Waals surface area contributed by atoms with Gasteiger partial charge < -0.3 is 15.8 Å². The summed E-state index contributed by atoms with van der Waals surface area (Å²) in [6, 6.07) is 11.2. The van der Waals surface area contributed by atoms with Gasteiger partial charge in [0.25, 0.3) is 0 Å². The maximum absolute atomic E-state index is 14.0. The second-order valence-electron chi connectivity index (χ2n) is 5.90. The number of nitrogens with two attached hydrogens (primary N) is 1. The molecule has 2 aromatic carbocycles. The highest BCUT2D eigenvalue weighted by Crippen LogP contribution is 2.50. The SMILES string of the molecule is COc1ccccc1NC(N)=NCC1(c2c(F)cccc2F)CC1.I. The predicted molar refractivity (Wildman–Crippen MR) is 106 cm³/mol. The van der Waals surface area contributed by atoms with E-state index in [1.165, 1.54) is 18.2 Å². The average molecular weight is 459 g/mol. The van der Waals surface area contributed by atoms with Crippen molar-refractivity contribution in [3.63, 3.8) is 0 Å². The van der Waals surface area contributed by atoms with Gasteiger partial charge in [0.05, 0.1) is 19.3 Å². The molecular weight excluding hydrogens is 439 g/mol. The lowest BCUT2D eigenvalue weighted by Gasteiger charge is -2.16. The zero-order valence-corrected chi connectivity index (χ0v) is 16.1. The molecule has 0 unspecified atom stereocenters. The van der Waals surface area contributed by atoms with Crippen molar-refractivity contribution in [2.24, 2.45) is 10.7 Å². The molecule has 1 fully saturated rings. The summed E-state index contributed by atoms with van der Waals surface area (Å²) in [6.07, 6.45) is 1.38. The topological polar surface area (TPSA) is 59.6 Å². The number of aliphatic imine (C=N–C) groups is 1. The fraction of sp³-hybridized carbons (Fsp3) is 0.278. The summed E-state index contributed by atoms with van der Waals surface area (Å²) < 4.78 is 33.2. The fourth-order valence-corrected chi connectivity index (χ4v) is 2.80. The van der Waals surface area contributed by atoms with Crippen molar-refractivity contribution >= 4 is 35.6 Å². The molecule has 0 aliphatic heterocycles. The van der Waals surface area contributed by atoms with Crippen molar-refractivity contribution in [2.45, 2.75) is 18.3 Å². The molecule has 0 heterocycles. The first-order chi connectivity index (χ1) is 11.6. The monoisotopic (exact) mass is 459 g/mol. The zero-order chi connectivity index (χ0) is 17.2. The standard InChI is InChI=1S/C18H19F2N3O.HI/c1-24-15-8-3-2-7-14(15)23-17(21)22-11-18(9-10-18)16-12(19)5-4-6-13(16)20;/h2-8H,9-11H2,1H3,(H3,21,22,23);1H. The average Bonchev–Trinajstić information content (AvgIpc) is 3.34. The molecule has 0 saturated heterocycles. The number of halogens is 3. The largest absolute Gasteiger partial charge is 0.495 e. The molecule has 2 aromatic rings. The van der Waals surface area contributed by atoms with Crippen LogP contribution in [0.2, 0.25) is 0 Å². The Bertz CT molecular complexity index is 758. The van der Waals surface area contributed by atoms with E-state index in [1.54, 1.807) is 13.2 Å². The van der Waals surface area contributed by atoms with Crippen LogP contribution >= 0.6 is 24.0 Å². The second-order valence-corrected chi connectivity index (χ2v) is 5.90. The van der Waals surface area contributed by atoms with Gasteiger partial charge in [0.1, 0.15) is 17.4 Å². The molecule has 0 radical (unpaired) electrons. The Morgan fingerprint density at radius 1 is 1.16 bits per heavy atom. The van der Waals surface area contributed by atoms with Crippen LogP contribution in [0.25, 0.3) is 0 Å². The molecule has 25 heavy (non-hydrogen) atoms. The highest BCUT2D eigenvalue weighted by atomic mass is 127. The van der Waals surface area contributed by atoms with Crippen molar-refractivity contribution in [1.29, 1.82) is 0 Å². The fourth-order valence-electron chi connectivity index (χ4n) is 2.80. The first-order valence-electron chi connectivity index (χ1n) is 7.70. The lowest BCUT2D eigenvalue weighted by Crippen LogP contribution is -2.25. The molecule has 1 saturated carbocycles. The molecule has 0 bridgehead atoms. The number of nitrogens with one attached hydrogen (secondary N) is 1. The van der Waals surface area contributed by atoms with Crippen LogP contribution in [0, 0.1) is 11.6 Å². The van der Waals surface area contributed by atoms with Gasteiger partial charge >= 0.3 is 0 Å². The minimum absolute atomic E-state index is 0. The highest BCUT2D eigenvalue weighted by molar-refractivity contribution is 14.0. The molecule has 3 N–H and O–H groups in total. The number of hydrogen-bond donors (Lipinski definition) is 2. The van der Waals surface area contributed by atoms with Gasteiger partial charge in [0, 0.05) is 11.0 Å². The molecule has 1 aliphatic carbocycles. The summed E-state index contributed by atoms with van der Waals surface area (Å²) in [4.78, 5) is 4.28. The van der Waals surface area contributed by atoms with E-state index in [2.05, 4.69) is 10.3 Å². The van der Waals surface area contributed by atoms with Crippen molar-refractivity contribution in [3.05, 3.63) is 59.7 Å². The van der Waals surface area contributed by atoms with E-state index < -0.39 is 17.0 Å². The normalized spacial score (nSPS) is 15.2. The van der Waals surface area contributed by atoms with Gasteiger partial charge in [-0.3, -0.25) is 4.99 Å². The summed E-state index contributed by atoms with van der Waals surface area (Å²) in [5.74, 6) is -0.239. The number of benzene rings is 2. The van der Waals surface area contributed by atoms with Gasteiger partial charge in [-0.25, -0.2) is 8.78 Å². The molecule has 7 heteroatoms. The van der Waals surface area contributed by atoms with Crippen LogP contribution in [0.1, 0.15) is 18.4 Å². The number of methoxy groups -OCH3 is 1. The summed E-state index contributed by atoms with van der Waals surface area (Å²) in [5.41, 5.74) is 6.11. The van der Waals surface area contributed by atoms with Crippen molar-refractivity contribution in [1.82, 2.24) is 0 Å². The maximum Gasteiger partial charge on any atom is 0.193 e. The summed E-state index contributed by atoms with van der Waals surface area (Å²) in [6.45, 7) is 0.235. The molecule has 3 rings (SSSR count). The number of rotatable bonds is 5. The quantitative estimate of drug-likeness (QED) is 0.403. The van der Waals surface area contributed by atoms with Crippen molar-refractivity contribution in [3.8, 4) is 5.75 Å². The highest BCUT2D eigenvalue weighted by Gasteiger charge is 2.47. The molecule has 0 aromatic heterocycles. The van der Waals surface area contributed by atoms with E-state index in [0.29, 0.717) is 24.3 Å². The molecule has 0 atom stereocenters. The van der Waals surface area contributed by atoms with Crippen LogP contribution in [-0.2, 0) is 5.41 Å². The Hall–Kier alpha value is -1.90. The number of anilines is 1. The predicted octanol–water partition coefficient (Wildman–Crippen LogP) is 4.05. The van der Waals surface area contributed by atoms with Gasteiger partial charge in [0.2, 0.25) is 0 Å². The maximum atomic E-state index is 14.0. The molecule has 0 spiro atoms. The molecule has 134 valence electrons. The Kier molecular flexibility index (Phi) is 6.21. The Morgan fingerprint density at radius 3 is 2.40 bits per heavy atom. The van der Waals surface area contributed by atoms with Crippen molar-refractivity contribution < 1.29 is 13.5 Å². The van der Waals surface area contributed by atoms with Crippen LogP contribution in [0.5, 0.6) is 5.75 Å². The van der Waals surface area contributed by atoms with Crippen LogP contribution < -0.4 is 15.8 Å². The number of ether oxygens (including phenoxy) is 1. The lowest BCUT2D eigenvalue weighted by atomic mass is 9.95. The van der Waals surface area contributed by atoms with Crippen LogP contribution in [0.15, 0.2) is 47.5 Å². The van der Waals surface area contributed by atoms with Gasteiger partial charge in [0.15, 0.2) is 5.96 Å². The summed E-state index contributed by atoms with van der Waals surface area (Å²) in [5, 5.41) is 2.96. The van der Waals surface area contributed by atoms with E-state index >= 15 is 0 Å². The van der Waals surface area contributed by atoms with E-state index in [1.807, 2.05) is 18.2 Å². The Balaban J connectivity index is 0.00000225. The number of hydrogen-bond acceptors (Lipinski definition) is 2. The molecule has 4 nitrogen and oxygen atoms in total. The minimum Gasteiger partial charge on any atom is -0.495 e. The van der Waals surface area contributed by atoms with Crippen LogP contribution in [0.4, 0.5) is 14.5 Å². The number of guanidine groups is 1. The number of para-hydroxylation sites is 2. The van der Waals surface area contributed by atoms with Gasteiger partial charge in [-0.15, -0.1) is 24.0 Å². The van der Waals surface area contributed by atoms with Gasteiger partial charge in [-0.1, -0.05) is 18.2 Å². The second kappa shape index (κ2) is 7.99. The first-order valence-corrected chi connectivity index (χ1v) is 7.70. The molecule has 1 aliphatic rings.